The Bertz CT molecular complexity index is 1100. The minimum absolute atomic E-state index is 0.138. The van der Waals surface area contributed by atoms with Crippen LogP contribution in [0.15, 0.2) is 73.1 Å². The highest BCUT2D eigenvalue weighted by Gasteiger charge is 2.13. The van der Waals surface area contributed by atoms with Crippen LogP contribution in [0.5, 0.6) is 0 Å². The number of anilines is 1. The molecule has 0 bridgehead atoms. The first kappa shape index (κ1) is 16.9. The van der Waals surface area contributed by atoms with E-state index in [1.54, 1.807) is 12.1 Å². The lowest BCUT2D eigenvalue weighted by molar-refractivity contribution is -0.115. The maximum Gasteiger partial charge on any atom is 0.228 e. The number of rotatable bonds is 4. The zero-order chi connectivity index (χ0) is 18.8. The largest absolute Gasteiger partial charge is 0.325 e. The van der Waals surface area contributed by atoms with E-state index in [-0.39, 0.29) is 12.0 Å². The first-order valence-corrected chi connectivity index (χ1v) is 8.37. The van der Waals surface area contributed by atoms with Gasteiger partial charge in [-0.2, -0.15) is 0 Å². The average molecular weight is 363 g/mol. The van der Waals surface area contributed by atoms with Crippen LogP contribution in [-0.4, -0.2) is 15.3 Å². The standard InChI is InChI=1S/C21H15F2N3O/c22-15-9-8-14(17(23)12-15)11-21(27)25-18-6-2-1-5-16(18)19-13-26-10-4-3-7-20(26)24-19/h1-10,12-13H,11H2,(H,25,27). The highest BCUT2D eigenvalue weighted by atomic mass is 19.1. The number of benzene rings is 2. The summed E-state index contributed by atoms with van der Waals surface area (Å²) in [4.78, 5) is 16.9. The van der Waals surface area contributed by atoms with Crippen molar-refractivity contribution in [3.05, 3.63) is 90.3 Å². The summed E-state index contributed by atoms with van der Waals surface area (Å²) in [6.07, 6.45) is 3.58. The van der Waals surface area contributed by atoms with E-state index in [0.717, 1.165) is 23.3 Å². The summed E-state index contributed by atoms with van der Waals surface area (Å²) in [5.41, 5.74) is 2.98. The highest BCUT2D eigenvalue weighted by Crippen LogP contribution is 2.27. The maximum atomic E-state index is 13.8. The van der Waals surface area contributed by atoms with Crippen LogP contribution in [0.3, 0.4) is 0 Å². The number of halogens is 2. The molecule has 0 unspecified atom stereocenters. The fourth-order valence-corrected chi connectivity index (χ4v) is 2.91. The molecule has 4 aromatic rings. The molecule has 1 N–H and O–H groups in total. The average Bonchev–Trinajstić information content (AvgIpc) is 3.08. The quantitative estimate of drug-likeness (QED) is 0.582. The van der Waals surface area contributed by atoms with Crippen molar-refractivity contribution in [2.75, 3.05) is 5.32 Å². The molecule has 2 heterocycles. The monoisotopic (exact) mass is 363 g/mol. The van der Waals surface area contributed by atoms with Gasteiger partial charge >= 0.3 is 0 Å². The summed E-state index contributed by atoms with van der Waals surface area (Å²) in [6.45, 7) is 0. The van der Waals surface area contributed by atoms with E-state index in [4.69, 9.17) is 0 Å². The van der Waals surface area contributed by atoms with Crippen molar-refractivity contribution >= 4 is 17.2 Å². The van der Waals surface area contributed by atoms with Gasteiger partial charge < -0.3 is 9.72 Å². The number of fused-ring (bicyclic) bond motifs is 1. The van der Waals surface area contributed by atoms with E-state index in [2.05, 4.69) is 10.3 Å². The fourth-order valence-electron chi connectivity index (χ4n) is 2.91. The lowest BCUT2D eigenvalue weighted by Crippen LogP contribution is -2.16. The number of nitrogens with one attached hydrogen (secondary N) is 1. The van der Waals surface area contributed by atoms with Gasteiger partial charge in [-0.15, -0.1) is 0 Å². The molecule has 6 heteroatoms. The maximum absolute atomic E-state index is 13.8. The smallest absolute Gasteiger partial charge is 0.228 e. The molecule has 0 saturated carbocycles. The Labute approximate surface area is 154 Å². The number of nitrogens with zero attached hydrogens (tertiary/aromatic N) is 2. The molecule has 0 aliphatic rings. The Morgan fingerprint density at radius 1 is 1.04 bits per heavy atom. The number of pyridine rings is 1. The van der Waals surface area contributed by atoms with E-state index >= 15 is 0 Å². The molecule has 0 fully saturated rings. The van der Waals surface area contributed by atoms with E-state index in [1.165, 1.54) is 6.07 Å². The molecule has 2 aromatic carbocycles. The Morgan fingerprint density at radius 2 is 1.85 bits per heavy atom. The first-order chi connectivity index (χ1) is 13.1. The van der Waals surface area contributed by atoms with Crippen molar-refractivity contribution in [2.24, 2.45) is 0 Å². The lowest BCUT2D eigenvalue weighted by atomic mass is 10.1. The summed E-state index contributed by atoms with van der Waals surface area (Å²) < 4.78 is 28.7. The third-order valence-corrected chi connectivity index (χ3v) is 4.21. The van der Waals surface area contributed by atoms with E-state index in [9.17, 15) is 13.6 Å². The Kier molecular flexibility index (Phi) is 4.38. The Balaban J connectivity index is 1.60. The summed E-state index contributed by atoms with van der Waals surface area (Å²) in [7, 11) is 0. The van der Waals surface area contributed by atoms with E-state index in [0.29, 0.717) is 11.4 Å². The van der Waals surface area contributed by atoms with Crippen LogP contribution in [0, 0.1) is 11.6 Å². The van der Waals surface area contributed by atoms with Gasteiger partial charge in [0.15, 0.2) is 0 Å². The number of amides is 1. The second kappa shape index (κ2) is 6.99. The number of carbonyl (C=O) groups excluding carboxylic acids is 1. The molecule has 0 radical (unpaired) electrons. The second-order valence-corrected chi connectivity index (χ2v) is 6.10. The molecule has 0 atom stereocenters. The van der Waals surface area contributed by atoms with Crippen molar-refractivity contribution in [1.29, 1.82) is 0 Å². The molecule has 134 valence electrons. The van der Waals surface area contributed by atoms with Crippen LogP contribution in [0.4, 0.5) is 14.5 Å². The number of hydrogen-bond acceptors (Lipinski definition) is 2. The molecular weight excluding hydrogens is 348 g/mol. The zero-order valence-electron chi connectivity index (χ0n) is 14.2. The van der Waals surface area contributed by atoms with Crippen molar-refractivity contribution in [2.45, 2.75) is 6.42 Å². The molecule has 0 aliphatic heterocycles. The van der Waals surface area contributed by atoms with Crippen LogP contribution in [0.2, 0.25) is 0 Å². The Hall–Kier alpha value is -3.54. The number of hydrogen-bond donors (Lipinski definition) is 1. The predicted molar refractivity (Wildman–Crippen MR) is 99.3 cm³/mol. The summed E-state index contributed by atoms with van der Waals surface area (Å²) in [5, 5.41) is 2.80. The normalized spacial score (nSPS) is 10.9. The minimum Gasteiger partial charge on any atom is -0.325 e. The molecule has 4 nitrogen and oxygen atoms in total. The number of imidazole rings is 1. The molecule has 0 aliphatic carbocycles. The molecule has 0 saturated heterocycles. The minimum atomic E-state index is -0.737. The van der Waals surface area contributed by atoms with E-state index < -0.39 is 17.5 Å². The summed E-state index contributed by atoms with van der Waals surface area (Å²) in [6, 6.07) is 16.2. The Morgan fingerprint density at radius 3 is 2.67 bits per heavy atom. The van der Waals surface area contributed by atoms with Gasteiger partial charge in [0, 0.05) is 24.0 Å². The van der Waals surface area contributed by atoms with Crippen molar-refractivity contribution in [1.82, 2.24) is 9.38 Å². The van der Waals surface area contributed by atoms with Gasteiger partial charge in [0.25, 0.3) is 0 Å². The van der Waals surface area contributed by atoms with Gasteiger partial charge in [-0.3, -0.25) is 4.79 Å². The van der Waals surface area contributed by atoms with Crippen LogP contribution in [0.25, 0.3) is 16.9 Å². The van der Waals surface area contributed by atoms with Crippen molar-refractivity contribution in [3.63, 3.8) is 0 Å². The second-order valence-electron chi connectivity index (χ2n) is 6.10. The SMILES string of the molecule is O=C(Cc1ccc(F)cc1F)Nc1ccccc1-c1cn2ccccc2n1. The highest BCUT2D eigenvalue weighted by molar-refractivity contribution is 5.96. The van der Waals surface area contributed by atoms with Gasteiger partial charge in [-0.05, 0) is 29.8 Å². The molecule has 2 aromatic heterocycles. The predicted octanol–water partition coefficient (Wildman–Crippen LogP) is 4.46. The molecule has 4 rings (SSSR count). The number of para-hydroxylation sites is 1. The van der Waals surface area contributed by atoms with Gasteiger partial charge in [-0.1, -0.05) is 30.3 Å². The van der Waals surface area contributed by atoms with Crippen LogP contribution in [-0.2, 0) is 11.2 Å². The van der Waals surface area contributed by atoms with E-state index in [1.807, 2.05) is 47.1 Å². The molecule has 27 heavy (non-hydrogen) atoms. The third-order valence-electron chi connectivity index (χ3n) is 4.21. The summed E-state index contributed by atoms with van der Waals surface area (Å²) >= 11 is 0. The number of carbonyl (C=O) groups is 1. The summed E-state index contributed by atoms with van der Waals surface area (Å²) in [5.74, 6) is -1.80. The third kappa shape index (κ3) is 3.55. The van der Waals surface area contributed by atoms with Crippen LogP contribution >= 0.6 is 0 Å². The number of aromatic nitrogens is 2. The van der Waals surface area contributed by atoms with Gasteiger partial charge in [-0.25, -0.2) is 13.8 Å². The van der Waals surface area contributed by atoms with Crippen LogP contribution < -0.4 is 5.32 Å². The van der Waals surface area contributed by atoms with Crippen molar-refractivity contribution < 1.29 is 13.6 Å². The topological polar surface area (TPSA) is 46.4 Å². The van der Waals surface area contributed by atoms with Crippen molar-refractivity contribution in [3.8, 4) is 11.3 Å². The zero-order valence-corrected chi connectivity index (χ0v) is 14.2. The van der Waals surface area contributed by atoms with Gasteiger partial charge in [0.1, 0.15) is 17.3 Å². The molecular formula is C21H15F2N3O. The molecule has 1 amide bonds. The van der Waals surface area contributed by atoms with Gasteiger partial charge in [0.2, 0.25) is 5.91 Å². The van der Waals surface area contributed by atoms with Gasteiger partial charge in [0.05, 0.1) is 17.8 Å². The van der Waals surface area contributed by atoms with Crippen LogP contribution in [0.1, 0.15) is 5.56 Å². The molecule has 0 spiro atoms. The lowest BCUT2D eigenvalue weighted by Gasteiger charge is -2.10. The first-order valence-electron chi connectivity index (χ1n) is 8.37. The fraction of sp³-hybridized carbons (Fsp3) is 0.0476.